The summed E-state index contributed by atoms with van der Waals surface area (Å²) in [5, 5.41) is 3.90. The monoisotopic (exact) mass is 488 g/mol. The van der Waals surface area contributed by atoms with Gasteiger partial charge in [-0.05, 0) is 43.2 Å². The molecule has 0 bridgehead atoms. The van der Waals surface area contributed by atoms with Gasteiger partial charge in [0.1, 0.15) is 6.04 Å². The van der Waals surface area contributed by atoms with Gasteiger partial charge in [-0.2, -0.15) is 11.8 Å². The summed E-state index contributed by atoms with van der Waals surface area (Å²) >= 11 is 13.6. The van der Waals surface area contributed by atoms with Crippen molar-refractivity contribution >= 4 is 56.6 Å². The molecule has 0 aliphatic rings. The Bertz CT molecular complexity index is 967. The molecule has 9 heteroatoms. The van der Waals surface area contributed by atoms with Crippen molar-refractivity contribution in [3.8, 4) is 0 Å². The molecule has 30 heavy (non-hydrogen) atoms. The molecule has 0 radical (unpaired) electrons. The maximum absolute atomic E-state index is 12.8. The largest absolute Gasteiger partial charge is 0.353 e. The summed E-state index contributed by atoms with van der Waals surface area (Å²) in [6.45, 7) is 4.16. The molecule has 1 N–H and O–H groups in total. The predicted octanol–water partition coefficient (Wildman–Crippen LogP) is 4.90. The molecule has 0 heterocycles. The molecule has 2 rings (SSSR count). The first kappa shape index (κ1) is 24.9. The van der Waals surface area contributed by atoms with Gasteiger partial charge in [0.05, 0.1) is 22.0 Å². The Morgan fingerprint density at radius 3 is 2.37 bits per heavy atom. The SMILES string of the molecule is CC[C@H](C(=O)NCCSCc1ccc(Cl)c(Cl)c1)N(c1ccc(C)cc1)S(C)(=O)=O. The molecule has 0 saturated heterocycles. The van der Waals surface area contributed by atoms with E-state index >= 15 is 0 Å². The third-order valence-corrected chi connectivity index (χ3v) is 7.37. The van der Waals surface area contributed by atoms with Gasteiger partial charge in [0.2, 0.25) is 15.9 Å². The number of hydrogen-bond acceptors (Lipinski definition) is 4. The van der Waals surface area contributed by atoms with Crippen molar-refractivity contribution < 1.29 is 13.2 Å². The van der Waals surface area contributed by atoms with Gasteiger partial charge in [-0.3, -0.25) is 9.10 Å². The van der Waals surface area contributed by atoms with E-state index in [9.17, 15) is 13.2 Å². The highest BCUT2D eigenvalue weighted by Crippen LogP contribution is 2.25. The number of halogens is 2. The van der Waals surface area contributed by atoms with Crippen LogP contribution in [-0.4, -0.2) is 38.9 Å². The minimum atomic E-state index is -3.62. The average molecular weight is 489 g/mol. The van der Waals surface area contributed by atoms with Crippen molar-refractivity contribution in [1.82, 2.24) is 5.32 Å². The van der Waals surface area contributed by atoms with Crippen LogP contribution in [0.25, 0.3) is 0 Å². The van der Waals surface area contributed by atoms with Crippen LogP contribution in [0, 0.1) is 6.92 Å². The fraction of sp³-hybridized carbons (Fsp3) is 0.381. The normalized spacial score (nSPS) is 12.4. The van der Waals surface area contributed by atoms with Gasteiger partial charge in [0.25, 0.3) is 0 Å². The number of hydrogen-bond donors (Lipinski definition) is 1. The van der Waals surface area contributed by atoms with E-state index in [-0.39, 0.29) is 5.91 Å². The van der Waals surface area contributed by atoms with Crippen LogP contribution >= 0.6 is 35.0 Å². The summed E-state index contributed by atoms with van der Waals surface area (Å²) in [4.78, 5) is 12.8. The molecule has 0 unspecified atom stereocenters. The molecule has 164 valence electrons. The summed E-state index contributed by atoms with van der Waals surface area (Å²) in [6.07, 6.45) is 1.49. The van der Waals surface area contributed by atoms with Crippen molar-refractivity contribution in [2.24, 2.45) is 0 Å². The minimum absolute atomic E-state index is 0.307. The van der Waals surface area contributed by atoms with E-state index < -0.39 is 16.1 Å². The van der Waals surface area contributed by atoms with Crippen molar-refractivity contribution in [3.05, 3.63) is 63.6 Å². The number of anilines is 1. The quantitative estimate of drug-likeness (QED) is 0.483. The van der Waals surface area contributed by atoms with E-state index in [0.29, 0.717) is 34.5 Å². The Morgan fingerprint density at radius 2 is 1.80 bits per heavy atom. The zero-order valence-corrected chi connectivity index (χ0v) is 20.3. The van der Waals surface area contributed by atoms with Crippen LogP contribution in [0.4, 0.5) is 5.69 Å². The van der Waals surface area contributed by atoms with Crippen LogP contribution in [0.15, 0.2) is 42.5 Å². The summed E-state index contributed by atoms with van der Waals surface area (Å²) in [5.41, 5.74) is 2.55. The first-order valence-electron chi connectivity index (χ1n) is 9.49. The lowest BCUT2D eigenvalue weighted by molar-refractivity contribution is -0.122. The molecule has 0 fully saturated rings. The second kappa shape index (κ2) is 11.3. The lowest BCUT2D eigenvalue weighted by Gasteiger charge is -2.30. The zero-order valence-electron chi connectivity index (χ0n) is 17.2. The molecular formula is C21H26Cl2N2O3S2. The number of carbonyl (C=O) groups is 1. The molecule has 0 spiro atoms. The van der Waals surface area contributed by atoms with Crippen molar-refractivity contribution in [2.75, 3.05) is 22.9 Å². The minimum Gasteiger partial charge on any atom is -0.353 e. The summed E-state index contributed by atoms with van der Waals surface area (Å²) < 4.78 is 26.1. The van der Waals surface area contributed by atoms with Gasteiger partial charge >= 0.3 is 0 Å². The lowest BCUT2D eigenvalue weighted by atomic mass is 10.1. The highest BCUT2D eigenvalue weighted by molar-refractivity contribution is 7.98. The number of aryl methyl sites for hydroxylation is 1. The summed E-state index contributed by atoms with van der Waals surface area (Å²) in [5.74, 6) is 1.12. The van der Waals surface area contributed by atoms with E-state index in [1.54, 1.807) is 36.9 Å². The molecule has 1 atom stereocenters. The lowest BCUT2D eigenvalue weighted by Crippen LogP contribution is -2.49. The first-order valence-corrected chi connectivity index (χ1v) is 13.2. The van der Waals surface area contributed by atoms with Gasteiger partial charge in [-0.1, -0.05) is 53.9 Å². The van der Waals surface area contributed by atoms with Crippen LogP contribution in [-0.2, 0) is 20.6 Å². The van der Waals surface area contributed by atoms with E-state index in [2.05, 4.69) is 5.32 Å². The Morgan fingerprint density at radius 1 is 1.13 bits per heavy atom. The molecule has 1 amide bonds. The maximum Gasteiger partial charge on any atom is 0.243 e. The second-order valence-corrected chi connectivity index (χ2v) is 10.7. The second-order valence-electron chi connectivity index (χ2n) is 6.91. The number of amides is 1. The maximum atomic E-state index is 12.8. The van der Waals surface area contributed by atoms with Crippen molar-refractivity contribution in [3.63, 3.8) is 0 Å². The third kappa shape index (κ3) is 7.08. The Labute approximate surface area is 193 Å². The number of nitrogens with one attached hydrogen (secondary N) is 1. The number of benzene rings is 2. The fourth-order valence-corrected chi connectivity index (χ4v) is 5.27. The van der Waals surface area contributed by atoms with Crippen LogP contribution in [0.1, 0.15) is 24.5 Å². The molecule has 5 nitrogen and oxygen atoms in total. The van der Waals surface area contributed by atoms with Crippen molar-refractivity contribution in [1.29, 1.82) is 0 Å². The molecule has 0 aliphatic heterocycles. The fourth-order valence-electron chi connectivity index (χ4n) is 2.94. The Hall–Kier alpha value is -1.41. The van der Waals surface area contributed by atoms with E-state index in [1.807, 2.05) is 31.2 Å². The van der Waals surface area contributed by atoms with Gasteiger partial charge in [-0.25, -0.2) is 8.42 Å². The number of thioether (sulfide) groups is 1. The smallest absolute Gasteiger partial charge is 0.243 e. The van der Waals surface area contributed by atoms with Crippen LogP contribution in [0.5, 0.6) is 0 Å². The van der Waals surface area contributed by atoms with Crippen LogP contribution in [0.3, 0.4) is 0 Å². The molecule has 0 aromatic heterocycles. The van der Waals surface area contributed by atoms with E-state index in [1.165, 1.54) is 4.31 Å². The first-order chi connectivity index (χ1) is 14.1. The highest BCUT2D eigenvalue weighted by Gasteiger charge is 2.31. The van der Waals surface area contributed by atoms with Gasteiger partial charge < -0.3 is 5.32 Å². The molecule has 2 aromatic carbocycles. The topological polar surface area (TPSA) is 66.5 Å². The average Bonchev–Trinajstić information content (AvgIpc) is 2.68. The zero-order chi connectivity index (χ0) is 22.3. The number of carbonyl (C=O) groups excluding carboxylic acids is 1. The Kier molecular flexibility index (Phi) is 9.34. The number of sulfonamides is 1. The molecule has 0 saturated carbocycles. The van der Waals surface area contributed by atoms with E-state index in [0.717, 1.165) is 23.1 Å². The van der Waals surface area contributed by atoms with Gasteiger partial charge in [0, 0.05) is 18.1 Å². The predicted molar refractivity (Wildman–Crippen MR) is 128 cm³/mol. The van der Waals surface area contributed by atoms with E-state index in [4.69, 9.17) is 23.2 Å². The van der Waals surface area contributed by atoms with Crippen LogP contribution in [0.2, 0.25) is 10.0 Å². The Balaban J connectivity index is 1.95. The summed E-state index contributed by atoms with van der Waals surface area (Å²) in [6, 6.07) is 11.8. The molecular weight excluding hydrogens is 463 g/mol. The molecule has 0 aliphatic carbocycles. The summed E-state index contributed by atoms with van der Waals surface area (Å²) in [7, 11) is -3.62. The highest BCUT2D eigenvalue weighted by atomic mass is 35.5. The van der Waals surface area contributed by atoms with Crippen LogP contribution < -0.4 is 9.62 Å². The third-order valence-electron chi connectivity index (χ3n) is 4.42. The van der Waals surface area contributed by atoms with Gasteiger partial charge in [-0.15, -0.1) is 0 Å². The standard InChI is InChI=1S/C21H26Cl2N2O3S2/c1-4-20(25(30(3,27)28)17-8-5-15(2)6-9-17)21(26)24-11-12-29-14-16-7-10-18(22)19(23)13-16/h5-10,13,20H,4,11-12,14H2,1-3H3,(H,24,26)/t20-/m1/s1. The molecule has 2 aromatic rings. The van der Waals surface area contributed by atoms with Crippen molar-refractivity contribution in [2.45, 2.75) is 32.1 Å². The number of rotatable bonds is 10. The van der Waals surface area contributed by atoms with Gasteiger partial charge in [0.15, 0.2) is 0 Å². The number of nitrogens with zero attached hydrogens (tertiary/aromatic N) is 1.